The van der Waals surface area contributed by atoms with E-state index in [1.165, 1.54) is 17.5 Å². The molecule has 70 valence electrons. The molecule has 1 N–H and O–H groups in total. The van der Waals surface area contributed by atoms with E-state index in [1.807, 2.05) is 0 Å². The number of fused-ring (bicyclic) bond motifs is 1. The minimum Gasteiger partial charge on any atom is -0.310 e. The fourth-order valence-electron chi connectivity index (χ4n) is 2.33. The molecule has 1 aromatic rings. The van der Waals surface area contributed by atoms with Crippen LogP contribution in [0.2, 0.25) is 0 Å². The monoisotopic (exact) mass is 175 g/mol. The van der Waals surface area contributed by atoms with Crippen molar-refractivity contribution >= 4 is 0 Å². The van der Waals surface area contributed by atoms with Crippen LogP contribution in [0.25, 0.3) is 0 Å². The molecule has 1 aliphatic rings. The fourth-order valence-corrected chi connectivity index (χ4v) is 2.33. The van der Waals surface area contributed by atoms with Gasteiger partial charge in [0.15, 0.2) is 0 Å². The van der Waals surface area contributed by atoms with Crippen molar-refractivity contribution in [1.29, 1.82) is 0 Å². The van der Waals surface area contributed by atoms with Gasteiger partial charge in [-0.15, -0.1) is 0 Å². The van der Waals surface area contributed by atoms with Gasteiger partial charge in [-0.1, -0.05) is 38.1 Å². The lowest BCUT2D eigenvalue weighted by atomic mass is 10.0. The van der Waals surface area contributed by atoms with Crippen LogP contribution >= 0.6 is 0 Å². The minimum absolute atomic E-state index is 0.584. The molecule has 0 aromatic heterocycles. The van der Waals surface area contributed by atoms with Crippen LogP contribution in [0.15, 0.2) is 24.3 Å². The highest BCUT2D eigenvalue weighted by molar-refractivity contribution is 5.35. The van der Waals surface area contributed by atoms with Gasteiger partial charge in [0.05, 0.1) is 0 Å². The fraction of sp³-hybridized carbons (Fsp3) is 0.500. The minimum atomic E-state index is 0.584. The standard InChI is InChI=1S/C12H17N/c1-3-13-12-9(2)8-10-6-4-5-7-11(10)12/h4-7,9,12-13H,3,8H2,1-2H3. The molecule has 0 fully saturated rings. The van der Waals surface area contributed by atoms with Crippen LogP contribution in [0.5, 0.6) is 0 Å². The molecule has 13 heavy (non-hydrogen) atoms. The van der Waals surface area contributed by atoms with Crippen LogP contribution in [-0.4, -0.2) is 6.54 Å². The maximum absolute atomic E-state index is 3.55. The van der Waals surface area contributed by atoms with Crippen molar-refractivity contribution in [2.24, 2.45) is 5.92 Å². The smallest absolute Gasteiger partial charge is 0.0351 e. The maximum Gasteiger partial charge on any atom is 0.0351 e. The summed E-state index contributed by atoms with van der Waals surface area (Å²) >= 11 is 0. The van der Waals surface area contributed by atoms with Crippen molar-refractivity contribution in [3.8, 4) is 0 Å². The summed E-state index contributed by atoms with van der Waals surface area (Å²) in [6.07, 6.45) is 1.23. The van der Waals surface area contributed by atoms with Crippen LogP contribution in [0.3, 0.4) is 0 Å². The molecule has 1 aromatic carbocycles. The third kappa shape index (κ3) is 1.49. The van der Waals surface area contributed by atoms with Crippen molar-refractivity contribution in [2.75, 3.05) is 6.54 Å². The Morgan fingerprint density at radius 1 is 1.38 bits per heavy atom. The molecule has 1 nitrogen and oxygen atoms in total. The highest BCUT2D eigenvalue weighted by Crippen LogP contribution is 2.35. The van der Waals surface area contributed by atoms with Gasteiger partial charge < -0.3 is 5.32 Å². The largest absolute Gasteiger partial charge is 0.310 e. The van der Waals surface area contributed by atoms with Gasteiger partial charge in [-0.25, -0.2) is 0 Å². The first-order valence-electron chi connectivity index (χ1n) is 5.14. The van der Waals surface area contributed by atoms with Gasteiger partial charge in [-0.2, -0.15) is 0 Å². The van der Waals surface area contributed by atoms with Crippen LogP contribution < -0.4 is 5.32 Å². The summed E-state index contributed by atoms with van der Waals surface area (Å²) in [5.74, 6) is 0.748. The summed E-state index contributed by atoms with van der Waals surface area (Å²) in [4.78, 5) is 0. The number of rotatable bonds is 2. The van der Waals surface area contributed by atoms with Crippen molar-refractivity contribution in [3.05, 3.63) is 35.4 Å². The predicted molar refractivity (Wildman–Crippen MR) is 55.7 cm³/mol. The van der Waals surface area contributed by atoms with Crippen molar-refractivity contribution in [2.45, 2.75) is 26.3 Å². The molecule has 0 bridgehead atoms. The molecule has 0 amide bonds. The van der Waals surface area contributed by atoms with Crippen LogP contribution in [0.4, 0.5) is 0 Å². The van der Waals surface area contributed by atoms with E-state index in [0.29, 0.717) is 6.04 Å². The second kappa shape index (κ2) is 3.51. The Balaban J connectivity index is 2.29. The van der Waals surface area contributed by atoms with E-state index >= 15 is 0 Å². The van der Waals surface area contributed by atoms with E-state index in [4.69, 9.17) is 0 Å². The van der Waals surface area contributed by atoms with Crippen LogP contribution in [0.1, 0.15) is 31.0 Å². The topological polar surface area (TPSA) is 12.0 Å². The van der Waals surface area contributed by atoms with Crippen molar-refractivity contribution < 1.29 is 0 Å². The Kier molecular flexibility index (Phi) is 2.36. The average molecular weight is 175 g/mol. The molecular formula is C12H17N. The molecule has 0 heterocycles. The van der Waals surface area contributed by atoms with E-state index in [1.54, 1.807) is 0 Å². The Morgan fingerprint density at radius 2 is 2.15 bits per heavy atom. The Labute approximate surface area is 80.2 Å². The third-order valence-electron chi connectivity index (χ3n) is 2.93. The lowest BCUT2D eigenvalue weighted by molar-refractivity contribution is 0.426. The number of benzene rings is 1. The van der Waals surface area contributed by atoms with Gasteiger partial charge in [0.2, 0.25) is 0 Å². The predicted octanol–water partition coefficient (Wildman–Crippen LogP) is 2.53. The average Bonchev–Trinajstić information content (AvgIpc) is 2.44. The van der Waals surface area contributed by atoms with Crippen molar-refractivity contribution in [3.63, 3.8) is 0 Å². The Hall–Kier alpha value is -0.820. The second-order valence-corrected chi connectivity index (χ2v) is 3.92. The summed E-state index contributed by atoms with van der Waals surface area (Å²) in [6.45, 7) is 5.56. The molecule has 0 aliphatic heterocycles. The molecule has 0 spiro atoms. The molecule has 0 radical (unpaired) electrons. The highest BCUT2D eigenvalue weighted by Gasteiger charge is 2.27. The first-order valence-corrected chi connectivity index (χ1v) is 5.14. The zero-order valence-electron chi connectivity index (χ0n) is 8.38. The SMILES string of the molecule is CCNC1c2ccccc2CC1C. The van der Waals surface area contributed by atoms with Gasteiger partial charge >= 0.3 is 0 Å². The highest BCUT2D eigenvalue weighted by atomic mass is 14.9. The lowest BCUT2D eigenvalue weighted by Gasteiger charge is -2.17. The summed E-state index contributed by atoms with van der Waals surface area (Å²) < 4.78 is 0. The number of hydrogen-bond donors (Lipinski definition) is 1. The molecule has 2 atom stereocenters. The van der Waals surface area contributed by atoms with Crippen molar-refractivity contribution in [1.82, 2.24) is 5.32 Å². The molecule has 0 saturated heterocycles. The Morgan fingerprint density at radius 3 is 2.92 bits per heavy atom. The quantitative estimate of drug-likeness (QED) is 0.728. The van der Waals surface area contributed by atoms with Gasteiger partial charge in [0, 0.05) is 6.04 Å². The van der Waals surface area contributed by atoms with Crippen LogP contribution in [0, 0.1) is 5.92 Å². The van der Waals surface area contributed by atoms with E-state index < -0.39 is 0 Å². The molecule has 1 heteroatoms. The van der Waals surface area contributed by atoms with E-state index in [-0.39, 0.29) is 0 Å². The van der Waals surface area contributed by atoms with Crippen LogP contribution in [-0.2, 0) is 6.42 Å². The zero-order chi connectivity index (χ0) is 9.26. The van der Waals surface area contributed by atoms with E-state index in [0.717, 1.165) is 12.5 Å². The number of hydrogen-bond acceptors (Lipinski definition) is 1. The summed E-state index contributed by atoms with van der Waals surface area (Å²) in [7, 11) is 0. The first kappa shape index (κ1) is 8.76. The summed E-state index contributed by atoms with van der Waals surface area (Å²) in [6, 6.07) is 9.37. The second-order valence-electron chi connectivity index (χ2n) is 3.92. The van der Waals surface area contributed by atoms with E-state index in [9.17, 15) is 0 Å². The maximum atomic E-state index is 3.55. The van der Waals surface area contributed by atoms with Gasteiger partial charge in [-0.05, 0) is 30.0 Å². The van der Waals surface area contributed by atoms with Gasteiger partial charge in [0.1, 0.15) is 0 Å². The normalized spacial score (nSPS) is 26.0. The first-order chi connectivity index (χ1) is 6.33. The summed E-state index contributed by atoms with van der Waals surface area (Å²) in [5.41, 5.74) is 3.04. The van der Waals surface area contributed by atoms with Gasteiger partial charge in [-0.3, -0.25) is 0 Å². The zero-order valence-corrected chi connectivity index (χ0v) is 8.38. The Bertz CT molecular complexity index is 293. The molecule has 2 unspecified atom stereocenters. The third-order valence-corrected chi connectivity index (χ3v) is 2.93. The summed E-state index contributed by atoms with van der Waals surface area (Å²) in [5, 5.41) is 3.55. The molecule has 0 saturated carbocycles. The molecule has 1 aliphatic carbocycles. The lowest BCUT2D eigenvalue weighted by Crippen LogP contribution is -2.23. The van der Waals surface area contributed by atoms with E-state index in [2.05, 4.69) is 43.4 Å². The molecular weight excluding hydrogens is 158 g/mol. The van der Waals surface area contributed by atoms with Gasteiger partial charge in [0.25, 0.3) is 0 Å². The number of nitrogens with one attached hydrogen (secondary N) is 1. The molecule has 2 rings (SSSR count).